The zero-order valence-electron chi connectivity index (χ0n) is 19.8. The number of carbonyl (C=O) groups excluding carboxylic acids is 2. The van der Waals surface area contributed by atoms with Crippen LogP contribution in [-0.4, -0.2) is 44.7 Å². The van der Waals surface area contributed by atoms with Gasteiger partial charge in [0, 0.05) is 18.5 Å². The van der Waals surface area contributed by atoms with Gasteiger partial charge in [0.25, 0.3) is 8.32 Å². The van der Waals surface area contributed by atoms with Gasteiger partial charge in [-0.3, -0.25) is 9.59 Å². The van der Waals surface area contributed by atoms with Crippen LogP contribution in [0.3, 0.4) is 0 Å². The summed E-state index contributed by atoms with van der Waals surface area (Å²) in [5.41, 5.74) is 0.393. The summed E-state index contributed by atoms with van der Waals surface area (Å²) in [5, 5.41) is -0.0878. The van der Waals surface area contributed by atoms with E-state index in [1.165, 1.54) is 19.3 Å². The third kappa shape index (κ3) is 4.88. The highest BCUT2D eigenvalue weighted by molar-refractivity contribution is 6.74. The molecule has 1 spiro atoms. The van der Waals surface area contributed by atoms with Crippen LogP contribution in [0.4, 0.5) is 13.2 Å². The fourth-order valence-electron chi connectivity index (χ4n) is 3.84. The number of ether oxygens (including phenoxy) is 1. The van der Waals surface area contributed by atoms with Crippen LogP contribution in [0, 0.1) is 0 Å². The molecule has 0 saturated heterocycles. The van der Waals surface area contributed by atoms with Crippen LogP contribution in [0.25, 0.3) is 0 Å². The van der Waals surface area contributed by atoms with Gasteiger partial charge in [-0.2, -0.15) is 13.2 Å². The van der Waals surface area contributed by atoms with Crippen LogP contribution in [0.15, 0.2) is 36.4 Å². The van der Waals surface area contributed by atoms with Crippen molar-refractivity contribution in [3.8, 4) is 11.5 Å². The average molecular weight is 482 g/mol. The molecular weight excluding hydrogens is 451 g/mol. The standard InChI is InChI=1S/C24H30F3NO4Si/c1-22(2,3)33(5,6)32-20-14-18-16(13-19(20)31-4)15-28(21(30)24(25,26)27)12-11-23(18)9-7-17(29)8-10-23/h7-10,13-14H,11-12,15H2,1-6H3. The largest absolute Gasteiger partial charge is 0.541 e. The van der Waals surface area contributed by atoms with Crippen LogP contribution in [-0.2, 0) is 21.5 Å². The second kappa shape index (κ2) is 8.34. The molecule has 5 nitrogen and oxygen atoms in total. The lowest BCUT2D eigenvalue weighted by atomic mass is 9.73. The third-order valence-corrected chi connectivity index (χ3v) is 11.2. The summed E-state index contributed by atoms with van der Waals surface area (Å²) < 4.78 is 51.8. The molecule has 9 heteroatoms. The Kier molecular flexibility index (Phi) is 6.34. The summed E-state index contributed by atoms with van der Waals surface area (Å²) in [6, 6.07) is 3.46. The van der Waals surface area contributed by atoms with Crippen molar-refractivity contribution >= 4 is 20.0 Å². The number of ketones is 1. The first-order valence-corrected chi connectivity index (χ1v) is 13.7. The van der Waals surface area contributed by atoms with Gasteiger partial charge in [0.2, 0.25) is 0 Å². The van der Waals surface area contributed by atoms with Gasteiger partial charge in [-0.25, -0.2) is 0 Å². The fraction of sp³-hybridized carbons (Fsp3) is 0.500. The maximum absolute atomic E-state index is 13.2. The van der Waals surface area contributed by atoms with Gasteiger partial charge in [-0.05, 0) is 60.0 Å². The number of carbonyl (C=O) groups is 2. The smallest absolute Gasteiger partial charge is 0.471 e. The molecule has 0 unspecified atom stereocenters. The van der Waals surface area contributed by atoms with E-state index in [0.29, 0.717) is 22.6 Å². The second-order valence-corrected chi connectivity index (χ2v) is 14.8. The monoisotopic (exact) mass is 481 g/mol. The minimum absolute atomic E-state index is 0.0878. The molecule has 3 rings (SSSR count). The van der Waals surface area contributed by atoms with Crippen LogP contribution >= 0.6 is 0 Å². The molecule has 0 atom stereocenters. The Morgan fingerprint density at radius 1 is 1.09 bits per heavy atom. The first kappa shape index (κ1) is 25.1. The van der Waals surface area contributed by atoms with Crippen molar-refractivity contribution in [3.63, 3.8) is 0 Å². The normalized spacial score (nSPS) is 18.2. The molecule has 1 aliphatic carbocycles. The van der Waals surface area contributed by atoms with E-state index >= 15 is 0 Å². The van der Waals surface area contributed by atoms with Gasteiger partial charge in [-0.15, -0.1) is 0 Å². The summed E-state index contributed by atoms with van der Waals surface area (Å²) in [4.78, 5) is 24.7. The number of rotatable bonds is 3. The van der Waals surface area contributed by atoms with Gasteiger partial charge in [0.05, 0.1) is 7.11 Å². The topological polar surface area (TPSA) is 55.8 Å². The van der Waals surface area contributed by atoms with E-state index < -0.39 is 25.8 Å². The van der Waals surface area contributed by atoms with E-state index in [0.717, 1.165) is 4.90 Å². The predicted molar refractivity (Wildman–Crippen MR) is 122 cm³/mol. The number of methoxy groups -OCH3 is 1. The van der Waals surface area contributed by atoms with Gasteiger partial charge in [0.15, 0.2) is 11.5 Å². The van der Waals surface area contributed by atoms with Crippen molar-refractivity contribution in [2.45, 2.75) is 63.5 Å². The second-order valence-electron chi connectivity index (χ2n) is 10.1. The summed E-state index contributed by atoms with van der Waals surface area (Å²) in [7, 11) is -0.786. The minimum atomic E-state index is -4.97. The molecule has 33 heavy (non-hydrogen) atoms. The molecule has 0 N–H and O–H groups in total. The lowest BCUT2D eigenvalue weighted by Gasteiger charge is -2.37. The van der Waals surface area contributed by atoms with Crippen molar-refractivity contribution < 1.29 is 31.9 Å². The quantitative estimate of drug-likeness (QED) is 0.550. The van der Waals surface area contributed by atoms with Crippen LogP contribution in [0.5, 0.6) is 11.5 Å². The summed E-state index contributed by atoms with van der Waals surface area (Å²) in [6.07, 6.45) is 1.49. The zero-order valence-corrected chi connectivity index (χ0v) is 20.8. The van der Waals surface area contributed by atoms with Crippen molar-refractivity contribution in [1.82, 2.24) is 4.90 Å². The SMILES string of the molecule is COc1cc2c(cc1O[Si](C)(C)C(C)(C)C)C1(C=CC(=O)C=C1)CCN(C(=O)C(F)(F)F)C2. The average Bonchev–Trinajstić information content (AvgIpc) is 2.84. The van der Waals surface area contributed by atoms with E-state index in [2.05, 4.69) is 33.9 Å². The number of allylic oxidation sites excluding steroid dienone is 4. The van der Waals surface area contributed by atoms with Crippen molar-refractivity contribution in [3.05, 3.63) is 47.6 Å². The van der Waals surface area contributed by atoms with Gasteiger partial charge < -0.3 is 14.1 Å². The van der Waals surface area contributed by atoms with Crippen molar-refractivity contribution in [2.24, 2.45) is 0 Å². The molecule has 1 amide bonds. The maximum atomic E-state index is 13.2. The highest BCUT2D eigenvalue weighted by Crippen LogP contribution is 2.46. The van der Waals surface area contributed by atoms with E-state index in [4.69, 9.17) is 9.16 Å². The summed E-state index contributed by atoms with van der Waals surface area (Å²) in [6.45, 7) is 10.2. The number of alkyl halides is 3. The first-order chi connectivity index (χ1) is 15.1. The maximum Gasteiger partial charge on any atom is 0.471 e. The van der Waals surface area contributed by atoms with E-state index in [-0.39, 0.29) is 30.3 Å². The summed E-state index contributed by atoms with van der Waals surface area (Å²) in [5.74, 6) is -1.17. The Hall–Kier alpha value is -2.55. The van der Waals surface area contributed by atoms with Crippen LogP contribution < -0.4 is 9.16 Å². The Bertz CT molecular complexity index is 1010. The molecule has 0 radical (unpaired) electrons. The number of halogens is 3. The van der Waals surface area contributed by atoms with Crippen LogP contribution in [0.2, 0.25) is 18.1 Å². The Morgan fingerprint density at radius 3 is 2.21 bits per heavy atom. The number of hydrogen-bond donors (Lipinski definition) is 0. The predicted octanol–water partition coefficient (Wildman–Crippen LogP) is 5.31. The molecule has 1 heterocycles. The van der Waals surface area contributed by atoms with Gasteiger partial charge >= 0.3 is 12.1 Å². The Labute approximate surface area is 193 Å². The molecule has 1 aliphatic heterocycles. The highest BCUT2D eigenvalue weighted by Gasteiger charge is 2.46. The fourth-order valence-corrected chi connectivity index (χ4v) is 4.86. The highest BCUT2D eigenvalue weighted by atomic mass is 28.4. The molecule has 0 fully saturated rings. The molecule has 0 saturated carbocycles. The number of benzene rings is 1. The number of amides is 1. The molecular formula is C24H30F3NO4Si. The molecule has 0 bridgehead atoms. The van der Waals surface area contributed by atoms with Crippen molar-refractivity contribution in [1.29, 1.82) is 0 Å². The van der Waals surface area contributed by atoms with E-state index in [1.54, 1.807) is 24.3 Å². The number of nitrogens with zero attached hydrogens (tertiary/aromatic N) is 1. The molecule has 2 aliphatic rings. The minimum Gasteiger partial charge on any atom is -0.541 e. The van der Waals surface area contributed by atoms with Gasteiger partial charge in [-0.1, -0.05) is 32.9 Å². The molecule has 180 valence electrons. The van der Waals surface area contributed by atoms with E-state index in [1.807, 2.05) is 0 Å². The lowest BCUT2D eigenvalue weighted by molar-refractivity contribution is -0.186. The van der Waals surface area contributed by atoms with E-state index in [9.17, 15) is 22.8 Å². The Morgan fingerprint density at radius 2 is 1.70 bits per heavy atom. The molecule has 1 aromatic carbocycles. The Balaban J connectivity index is 2.17. The van der Waals surface area contributed by atoms with Crippen LogP contribution in [0.1, 0.15) is 38.3 Å². The number of fused-ring (bicyclic) bond motifs is 2. The first-order valence-electron chi connectivity index (χ1n) is 10.8. The van der Waals surface area contributed by atoms with Gasteiger partial charge in [0.1, 0.15) is 5.75 Å². The lowest BCUT2D eigenvalue weighted by Crippen LogP contribution is -2.44. The summed E-state index contributed by atoms with van der Waals surface area (Å²) >= 11 is 0. The number of hydrogen-bond acceptors (Lipinski definition) is 4. The third-order valence-electron chi connectivity index (χ3n) is 6.84. The zero-order chi connectivity index (χ0) is 24.8. The molecule has 0 aromatic heterocycles. The van der Waals surface area contributed by atoms with Crippen molar-refractivity contribution in [2.75, 3.05) is 13.7 Å². The molecule has 1 aromatic rings.